The summed E-state index contributed by atoms with van der Waals surface area (Å²) >= 11 is 0. The van der Waals surface area contributed by atoms with Crippen LogP contribution in [0.3, 0.4) is 0 Å². The number of benzene rings is 1. The zero-order chi connectivity index (χ0) is 12.5. The van der Waals surface area contributed by atoms with Crippen molar-refractivity contribution in [2.24, 2.45) is 0 Å². The van der Waals surface area contributed by atoms with Gasteiger partial charge in [0.15, 0.2) is 0 Å². The van der Waals surface area contributed by atoms with Gasteiger partial charge >= 0.3 is 0 Å². The molecule has 5 nitrogen and oxygen atoms in total. The van der Waals surface area contributed by atoms with Crippen molar-refractivity contribution in [2.75, 3.05) is 19.7 Å². The maximum Gasteiger partial charge on any atom is 0.269 e. The molecule has 0 aliphatic heterocycles. The van der Waals surface area contributed by atoms with Crippen LogP contribution in [-0.2, 0) is 6.42 Å². The Hall–Kier alpha value is -1.46. The van der Waals surface area contributed by atoms with Crippen molar-refractivity contribution >= 4 is 5.69 Å². The standard InChI is InChI=1S/C12H18N2O3/c15-10-9-13-8-2-1-3-11-4-6-12(7-5-11)14(16)17/h4-7,13,15H,1-3,8-10H2. The number of aryl methyl sites for hydroxylation is 1. The zero-order valence-electron chi connectivity index (χ0n) is 9.76. The molecule has 0 heterocycles. The summed E-state index contributed by atoms with van der Waals surface area (Å²) in [5.74, 6) is 0. The molecule has 0 radical (unpaired) electrons. The number of rotatable bonds is 8. The Morgan fingerprint density at radius 2 is 1.88 bits per heavy atom. The molecule has 0 saturated heterocycles. The molecule has 0 aliphatic rings. The van der Waals surface area contributed by atoms with Crippen molar-refractivity contribution in [2.45, 2.75) is 19.3 Å². The Morgan fingerprint density at radius 3 is 2.47 bits per heavy atom. The van der Waals surface area contributed by atoms with E-state index in [9.17, 15) is 10.1 Å². The van der Waals surface area contributed by atoms with E-state index in [1.807, 2.05) is 0 Å². The lowest BCUT2D eigenvalue weighted by Crippen LogP contribution is -2.19. The number of aliphatic hydroxyl groups is 1. The molecule has 17 heavy (non-hydrogen) atoms. The molecule has 0 aromatic heterocycles. The normalized spacial score (nSPS) is 10.4. The first-order valence-electron chi connectivity index (χ1n) is 5.79. The lowest BCUT2D eigenvalue weighted by atomic mass is 10.1. The average molecular weight is 238 g/mol. The van der Waals surface area contributed by atoms with E-state index < -0.39 is 0 Å². The molecule has 1 aromatic rings. The van der Waals surface area contributed by atoms with Crippen molar-refractivity contribution in [3.8, 4) is 0 Å². The molecule has 0 fully saturated rings. The summed E-state index contributed by atoms with van der Waals surface area (Å²) in [6.45, 7) is 1.70. The fraction of sp³-hybridized carbons (Fsp3) is 0.500. The maximum absolute atomic E-state index is 10.4. The summed E-state index contributed by atoms with van der Waals surface area (Å²) in [4.78, 5) is 10.1. The van der Waals surface area contributed by atoms with Crippen LogP contribution in [0.1, 0.15) is 18.4 Å². The summed E-state index contributed by atoms with van der Waals surface area (Å²) in [5, 5.41) is 22.1. The van der Waals surface area contributed by atoms with Crippen molar-refractivity contribution < 1.29 is 10.0 Å². The van der Waals surface area contributed by atoms with E-state index >= 15 is 0 Å². The van der Waals surface area contributed by atoms with Crippen LogP contribution in [0, 0.1) is 10.1 Å². The highest BCUT2D eigenvalue weighted by Gasteiger charge is 2.03. The molecule has 0 saturated carbocycles. The van der Waals surface area contributed by atoms with Gasteiger partial charge in [0.05, 0.1) is 11.5 Å². The molecule has 1 aromatic carbocycles. The summed E-state index contributed by atoms with van der Waals surface area (Å²) in [6.07, 6.45) is 3.01. The van der Waals surface area contributed by atoms with E-state index in [0.29, 0.717) is 6.54 Å². The summed E-state index contributed by atoms with van der Waals surface area (Å²) in [6, 6.07) is 6.69. The topological polar surface area (TPSA) is 75.4 Å². The average Bonchev–Trinajstić information content (AvgIpc) is 2.34. The van der Waals surface area contributed by atoms with Crippen molar-refractivity contribution in [1.29, 1.82) is 0 Å². The van der Waals surface area contributed by atoms with Gasteiger partial charge in [0.25, 0.3) is 5.69 Å². The van der Waals surface area contributed by atoms with Gasteiger partial charge in [-0.25, -0.2) is 0 Å². The van der Waals surface area contributed by atoms with Crippen LogP contribution in [0.4, 0.5) is 5.69 Å². The SMILES string of the molecule is O=[N+]([O-])c1ccc(CCCCNCCO)cc1. The first-order valence-corrected chi connectivity index (χ1v) is 5.79. The monoisotopic (exact) mass is 238 g/mol. The number of aliphatic hydroxyl groups excluding tert-OH is 1. The van der Waals surface area contributed by atoms with E-state index in [0.717, 1.165) is 31.4 Å². The van der Waals surface area contributed by atoms with Gasteiger partial charge in [-0.15, -0.1) is 0 Å². The molecular formula is C12H18N2O3. The Balaban J connectivity index is 2.21. The van der Waals surface area contributed by atoms with Gasteiger partial charge in [-0.3, -0.25) is 10.1 Å². The molecule has 0 bridgehead atoms. The number of nitrogens with zero attached hydrogens (tertiary/aromatic N) is 1. The first kappa shape index (κ1) is 13.6. The van der Waals surface area contributed by atoms with E-state index in [1.165, 1.54) is 0 Å². The predicted molar refractivity (Wildman–Crippen MR) is 66.0 cm³/mol. The number of nitro benzene ring substituents is 1. The third-order valence-electron chi connectivity index (χ3n) is 2.50. The minimum Gasteiger partial charge on any atom is -0.395 e. The molecule has 0 amide bonds. The third-order valence-corrected chi connectivity index (χ3v) is 2.50. The second-order valence-corrected chi connectivity index (χ2v) is 3.85. The summed E-state index contributed by atoms with van der Waals surface area (Å²) < 4.78 is 0. The largest absolute Gasteiger partial charge is 0.395 e. The maximum atomic E-state index is 10.4. The minimum absolute atomic E-state index is 0.137. The molecule has 5 heteroatoms. The van der Waals surface area contributed by atoms with Crippen molar-refractivity contribution in [1.82, 2.24) is 5.32 Å². The van der Waals surface area contributed by atoms with Gasteiger partial charge in [0, 0.05) is 18.7 Å². The zero-order valence-corrected chi connectivity index (χ0v) is 9.76. The van der Waals surface area contributed by atoms with Crippen LogP contribution in [0.5, 0.6) is 0 Å². The summed E-state index contributed by atoms with van der Waals surface area (Å²) in [5.41, 5.74) is 1.26. The lowest BCUT2D eigenvalue weighted by Gasteiger charge is -2.03. The van der Waals surface area contributed by atoms with Gasteiger partial charge in [-0.05, 0) is 31.4 Å². The van der Waals surface area contributed by atoms with Crippen LogP contribution >= 0.6 is 0 Å². The first-order chi connectivity index (χ1) is 8.24. The molecule has 0 spiro atoms. The summed E-state index contributed by atoms with van der Waals surface area (Å²) in [7, 11) is 0. The highest BCUT2D eigenvalue weighted by Crippen LogP contribution is 2.13. The van der Waals surface area contributed by atoms with E-state index in [-0.39, 0.29) is 17.2 Å². The second-order valence-electron chi connectivity index (χ2n) is 3.85. The van der Waals surface area contributed by atoms with Gasteiger partial charge in [-0.2, -0.15) is 0 Å². The number of nitro groups is 1. The van der Waals surface area contributed by atoms with Gasteiger partial charge in [0.2, 0.25) is 0 Å². The Kier molecular flexibility index (Phi) is 6.21. The smallest absolute Gasteiger partial charge is 0.269 e. The number of hydrogen-bond acceptors (Lipinski definition) is 4. The van der Waals surface area contributed by atoms with Crippen LogP contribution in [-0.4, -0.2) is 29.7 Å². The molecule has 0 unspecified atom stereocenters. The molecule has 94 valence electrons. The molecule has 1 rings (SSSR count). The van der Waals surface area contributed by atoms with Crippen LogP contribution < -0.4 is 5.32 Å². The molecule has 2 N–H and O–H groups in total. The Morgan fingerprint density at radius 1 is 1.18 bits per heavy atom. The second kappa shape index (κ2) is 7.76. The van der Waals surface area contributed by atoms with Crippen molar-refractivity contribution in [3.05, 3.63) is 39.9 Å². The molecular weight excluding hydrogens is 220 g/mol. The predicted octanol–water partition coefficient (Wildman–Crippen LogP) is 1.50. The Bertz CT molecular complexity index is 338. The quantitative estimate of drug-likeness (QED) is 0.409. The van der Waals surface area contributed by atoms with Crippen molar-refractivity contribution in [3.63, 3.8) is 0 Å². The number of unbranched alkanes of at least 4 members (excludes halogenated alkanes) is 1. The van der Waals surface area contributed by atoms with E-state index in [2.05, 4.69) is 5.32 Å². The van der Waals surface area contributed by atoms with Gasteiger partial charge < -0.3 is 10.4 Å². The molecule has 0 atom stereocenters. The fourth-order valence-electron chi connectivity index (χ4n) is 1.57. The van der Waals surface area contributed by atoms with Crippen LogP contribution in [0.2, 0.25) is 0 Å². The number of non-ortho nitro benzene ring substituents is 1. The fourth-order valence-corrected chi connectivity index (χ4v) is 1.57. The highest BCUT2D eigenvalue weighted by molar-refractivity contribution is 5.32. The highest BCUT2D eigenvalue weighted by atomic mass is 16.6. The number of hydrogen-bond donors (Lipinski definition) is 2. The van der Waals surface area contributed by atoms with E-state index in [4.69, 9.17) is 5.11 Å². The minimum atomic E-state index is -0.386. The lowest BCUT2D eigenvalue weighted by molar-refractivity contribution is -0.384. The van der Waals surface area contributed by atoms with Crippen LogP contribution in [0.15, 0.2) is 24.3 Å². The molecule has 0 aliphatic carbocycles. The number of nitrogens with one attached hydrogen (secondary N) is 1. The van der Waals surface area contributed by atoms with Crippen LogP contribution in [0.25, 0.3) is 0 Å². The van der Waals surface area contributed by atoms with E-state index in [1.54, 1.807) is 24.3 Å². The van der Waals surface area contributed by atoms with Gasteiger partial charge in [0.1, 0.15) is 0 Å². The Labute approximate surface area is 101 Å². The third kappa shape index (κ3) is 5.42. The van der Waals surface area contributed by atoms with Gasteiger partial charge in [-0.1, -0.05) is 12.1 Å².